The second-order valence-electron chi connectivity index (χ2n) is 29.6. The van der Waals surface area contributed by atoms with Crippen molar-refractivity contribution in [3.8, 4) is 0 Å². The summed E-state index contributed by atoms with van der Waals surface area (Å²) in [7, 11) is -9.83. The molecule has 18 heteroatoms. The number of aliphatic hydroxyl groups excluding tert-OH is 2. The molecular weight excluding hydrogens is 1510 g/mol. The lowest BCUT2D eigenvalue weighted by Crippen LogP contribution is -2.30. The monoisotopic (exact) mass is 1670 g/mol. The second kappa shape index (κ2) is 89.4. The molecule has 0 aliphatic carbocycles. The van der Waals surface area contributed by atoms with E-state index in [1.807, 2.05) is 0 Å². The number of aliphatic hydroxyl groups is 2. The van der Waals surface area contributed by atoms with Crippen LogP contribution in [0, 0.1) is 0 Å². The molecule has 5 atom stereocenters. The maximum absolute atomic E-state index is 13.0. The molecule has 0 saturated heterocycles. The molecule has 0 aromatic heterocycles. The van der Waals surface area contributed by atoms with Gasteiger partial charge < -0.3 is 34.2 Å². The predicted octanol–water partition coefficient (Wildman–Crippen LogP) is 28.0. The van der Waals surface area contributed by atoms with Crippen LogP contribution in [-0.2, 0) is 55.8 Å². The lowest BCUT2D eigenvalue weighted by molar-refractivity contribution is -0.161. The standard InChI is InChI=1S/C99H162O16P2/c1-4-7-10-13-16-19-22-25-28-31-34-36-38-40-42-43-44-45-46-47-48-49-51-53-54-56-59-61-64-67-70-73-76-79-82-85-97(102)109-88-94(100)89-111-116(105,106)112-90-95(101)91-113-117(107,108)114-93-96(115-99(104)87-84-81-78-75-72-69-66-63-58-33-30-27-24-21-18-15-12-9-6-3)92-110-98(103)86-83-80-77-74-71-68-65-62-60-57-55-52-50-41-39-37-35-32-29-26-23-20-17-14-11-8-5-2/h7-12,16-21,25-30,34-37,40-42,44-45,50,55,57-58,63,69,72,94-96,100-101H,4-6,13-15,22-24,31-33,38-39,43,46-49,51-54,56,59-62,64-68,70-71,73-93H2,1-3H3,(H,105,106)(H,107,108)/b10-7-,11-8-,12-9-,19-16-,20-17-,21-18-,28-25-,29-26-,30-27-,36-34-,37-35-,42-40-,45-44-,50-41-,57-55-,63-58-,72-69-. The van der Waals surface area contributed by atoms with E-state index in [1.54, 1.807) is 0 Å². The third kappa shape index (κ3) is 90.7. The van der Waals surface area contributed by atoms with Crippen LogP contribution in [-0.4, -0.2) is 95.9 Å². The van der Waals surface area contributed by atoms with E-state index in [4.69, 9.17) is 32.3 Å². The van der Waals surface area contributed by atoms with E-state index in [9.17, 15) is 43.5 Å². The highest BCUT2D eigenvalue weighted by Gasteiger charge is 2.29. The summed E-state index contributed by atoms with van der Waals surface area (Å²) in [5.74, 6) is -1.63. The Hall–Kier alpha value is -5.87. The minimum absolute atomic E-state index is 0.0563. The number of hydrogen-bond acceptors (Lipinski definition) is 14. The number of ether oxygens (including phenoxy) is 3. The first-order valence-corrected chi connectivity index (χ1v) is 48.4. The van der Waals surface area contributed by atoms with Crippen molar-refractivity contribution in [2.45, 2.75) is 360 Å². The fourth-order valence-electron chi connectivity index (χ4n) is 11.7. The predicted molar refractivity (Wildman–Crippen MR) is 491 cm³/mol. The number of phosphoric acid groups is 2. The van der Waals surface area contributed by atoms with Gasteiger partial charge in [0.05, 0.1) is 26.4 Å². The van der Waals surface area contributed by atoms with Gasteiger partial charge in [-0.3, -0.25) is 32.5 Å². The summed E-state index contributed by atoms with van der Waals surface area (Å²) in [5.41, 5.74) is 0. The molecule has 0 aliphatic heterocycles. The van der Waals surface area contributed by atoms with Crippen LogP contribution >= 0.6 is 15.6 Å². The van der Waals surface area contributed by atoms with Crippen LogP contribution in [0.5, 0.6) is 0 Å². The van der Waals surface area contributed by atoms with Crippen molar-refractivity contribution in [1.29, 1.82) is 0 Å². The van der Waals surface area contributed by atoms with Crippen LogP contribution < -0.4 is 0 Å². The average Bonchev–Trinajstić information content (AvgIpc) is 0.904. The first-order chi connectivity index (χ1) is 57.2. The van der Waals surface area contributed by atoms with Crippen molar-refractivity contribution in [3.05, 3.63) is 207 Å². The van der Waals surface area contributed by atoms with Crippen LogP contribution in [0.1, 0.15) is 342 Å². The van der Waals surface area contributed by atoms with Gasteiger partial charge in [-0.15, -0.1) is 0 Å². The third-order valence-corrected chi connectivity index (χ3v) is 20.4. The van der Waals surface area contributed by atoms with Crippen LogP contribution in [0.3, 0.4) is 0 Å². The number of esters is 3. The Balaban J connectivity index is 4.56. The van der Waals surface area contributed by atoms with E-state index in [1.165, 1.54) is 89.9 Å². The summed E-state index contributed by atoms with van der Waals surface area (Å²) in [6.07, 6.45) is 120. The number of rotatable bonds is 84. The van der Waals surface area contributed by atoms with Crippen molar-refractivity contribution in [1.82, 2.24) is 0 Å². The average molecular weight is 1670 g/mol. The Kier molecular flexibility index (Phi) is 84.9. The zero-order valence-corrected chi connectivity index (χ0v) is 74.8. The van der Waals surface area contributed by atoms with Crippen molar-refractivity contribution < 1.29 is 75.8 Å². The molecule has 5 unspecified atom stereocenters. The number of phosphoric ester groups is 2. The van der Waals surface area contributed by atoms with Gasteiger partial charge in [0.2, 0.25) is 0 Å². The molecule has 0 saturated carbocycles. The number of unbranched alkanes of at least 4 members (excludes halogenated alkanes) is 27. The molecule has 0 rings (SSSR count). The second-order valence-corrected chi connectivity index (χ2v) is 32.5. The van der Waals surface area contributed by atoms with Crippen molar-refractivity contribution >= 4 is 33.6 Å². The Bertz CT molecular complexity index is 2960. The molecule has 0 aromatic rings. The fourth-order valence-corrected chi connectivity index (χ4v) is 13.3. The lowest BCUT2D eigenvalue weighted by Gasteiger charge is -2.21. The summed E-state index contributed by atoms with van der Waals surface area (Å²) in [6, 6.07) is 0. The molecule has 0 bridgehead atoms. The first kappa shape index (κ1) is 111. The van der Waals surface area contributed by atoms with Gasteiger partial charge in [0.15, 0.2) is 6.10 Å². The number of allylic oxidation sites excluding steroid dienone is 34. The molecule has 664 valence electrons. The maximum atomic E-state index is 13.0. The van der Waals surface area contributed by atoms with Gasteiger partial charge in [0, 0.05) is 19.3 Å². The summed E-state index contributed by atoms with van der Waals surface area (Å²) in [4.78, 5) is 58.9. The van der Waals surface area contributed by atoms with Gasteiger partial charge in [0.1, 0.15) is 25.4 Å². The summed E-state index contributed by atoms with van der Waals surface area (Å²) in [5, 5.41) is 20.7. The van der Waals surface area contributed by atoms with Crippen molar-refractivity contribution in [2.24, 2.45) is 0 Å². The molecule has 0 spiro atoms. The highest BCUT2D eigenvalue weighted by atomic mass is 31.2. The quantitative estimate of drug-likeness (QED) is 0.0146. The molecule has 117 heavy (non-hydrogen) atoms. The van der Waals surface area contributed by atoms with Crippen LogP contribution in [0.15, 0.2) is 207 Å². The smallest absolute Gasteiger partial charge is 0.463 e. The molecule has 0 heterocycles. The van der Waals surface area contributed by atoms with Crippen LogP contribution in [0.4, 0.5) is 0 Å². The lowest BCUT2D eigenvalue weighted by atomic mass is 10.0. The number of carbonyl (C=O) groups excluding carboxylic acids is 3. The Morgan fingerprint density at radius 1 is 0.239 bits per heavy atom. The fraction of sp³-hybridized carbons (Fsp3) is 0.626. The van der Waals surface area contributed by atoms with E-state index in [0.717, 1.165) is 193 Å². The topological polar surface area (TPSA) is 231 Å². The Morgan fingerprint density at radius 3 is 0.684 bits per heavy atom. The summed E-state index contributed by atoms with van der Waals surface area (Å²) < 4.78 is 61.4. The number of carbonyl (C=O) groups is 3. The van der Waals surface area contributed by atoms with Gasteiger partial charge in [-0.25, -0.2) is 9.13 Å². The van der Waals surface area contributed by atoms with Gasteiger partial charge in [0.25, 0.3) is 0 Å². The normalized spacial score (nSPS) is 14.8. The van der Waals surface area contributed by atoms with Crippen LogP contribution in [0.2, 0.25) is 0 Å². The van der Waals surface area contributed by atoms with E-state index in [0.29, 0.717) is 19.3 Å². The van der Waals surface area contributed by atoms with Crippen molar-refractivity contribution in [2.75, 3.05) is 39.6 Å². The van der Waals surface area contributed by atoms with Gasteiger partial charge in [-0.05, 0) is 167 Å². The summed E-state index contributed by atoms with van der Waals surface area (Å²) >= 11 is 0. The highest BCUT2D eigenvalue weighted by Crippen LogP contribution is 2.45. The molecule has 0 aromatic carbocycles. The minimum Gasteiger partial charge on any atom is -0.463 e. The van der Waals surface area contributed by atoms with E-state index in [-0.39, 0.29) is 19.3 Å². The third-order valence-electron chi connectivity index (χ3n) is 18.5. The van der Waals surface area contributed by atoms with Crippen LogP contribution in [0.25, 0.3) is 0 Å². The minimum atomic E-state index is -4.96. The largest absolute Gasteiger partial charge is 0.472 e. The highest BCUT2D eigenvalue weighted by molar-refractivity contribution is 7.47. The molecule has 0 radical (unpaired) electrons. The molecule has 16 nitrogen and oxygen atoms in total. The molecule has 0 fully saturated rings. The molecule has 0 aliphatic rings. The first-order valence-electron chi connectivity index (χ1n) is 45.4. The Labute approximate surface area is 711 Å². The Morgan fingerprint density at radius 2 is 0.427 bits per heavy atom. The van der Waals surface area contributed by atoms with E-state index < -0.39 is 91.5 Å². The molecular formula is C99H162O16P2. The van der Waals surface area contributed by atoms with Gasteiger partial charge in [-0.2, -0.15) is 0 Å². The van der Waals surface area contributed by atoms with Crippen molar-refractivity contribution in [3.63, 3.8) is 0 Å². The zero-order chi connectivity index (χ0) is 85.1. The number of hydrogen-bond donors (Lipinski definition) is 4. The van der Waals surface area contributed by atoms with Gasteiger partial charge in [-0.1, -0.05) is 362 Å². The maximum Gasteiger partial charge on any atom is 0.472 e. The van der Waals surface area contributed by atoms with E-state index in [2.05, 4.69) is 227 Å². The molecule has 4 N–H and O–H groups in total. The van der Waals surface area contributed by atoms with E-state index >= 15 is 0 Å². The van der Waals surface area contributed by atoms with Gasteiger partial charge >= 0.3 is 33.6 Å². The zero-order valence-electron chi connectivity index (χ0n) is 73.0. The SMILES string of the molecule is CC/C=C\C/C=C\C/C=C\C/C=C\C/C=C\C/C=C\CCCCCCCCCCCCCCCCCCC(=O)OCC(O)COP(=O)(O)OCC(O)COP(=O)(O)OCC(COC(=O)CCCCCCCCCC/C=C\C/C=C\C/C=C\C/C=C\C/C=C\C/C=C\CC)OC(=O)CCCCC/C=C\C/C=C\C/C=C\C/C=C\C/C=C\CC. The summed E-state index contributed by atoms with van der Waals surface area (Å²) in [6.45, 7) is 2.30. The molecule has 0 amide bonds.